The lowest BCUT2D eigenvalue weighted by Crippen LogP contribution is -2.48. The van der Waals surface area contributed by atoms with Gasteiger partial charge in [0, 0.05) is 23.8 Å². The molecule has 14 heteroatoms. The number of carbonyl (C=O) groups is 1. The summed E-state index contributed by atoms with van der Waals surface area (Å²) in [6, 6.07) is 28.7. The topological polar surface area (TPSA) is 168 Å². The molecule has 1 aromatic heterocycles. The molecule has 0 saturated carbocycles. The van der Waals surface area contributed by atoms with Gasteiger partial charge in [0.1, 0.15) is 12.3 Å². The molecule has 2 unspecified atom stereocenters. The summed E-state index contributed by atoms with van der Waals surface area (Å²) < 4.78 is 34.7. The number of H-pyrrole nitrogens is 1. The quantitative estimate of drug-likeness (QED) is 0.0596. The van der Waals surface area contributed by atoms with Gasteiger partial charge in [-0.1, -0.05) is 72.8 Å². The van der Waals surface area contributed by atoms with Gasteiger partial charge in [0.25, 0.3) is 5.56 Å². The van der Waals surface area contributed by atoms with Crippen LogP contribution in [0.5, 0.6) is 5.75 Å². The van der Waals surface area contributed by atoms with E-state index in [-0.39, 0.29) is 43.8 Å². The summed E-state index contributed by atoms with van der Waals surface area (Å²) in [5.41, 5.74) is 1.10. The zero-order valence-electron chi connectivity index (χ0n) is 31.8. The van der Waals surface area contributed by atoms with E-state index in [1.54, 1.807) is 18.7 Å². The average molecular weight is 759 g/mol. The molecule has 0 bridgehead atoms. The predicted molar refractivity (Wildman–Crippen MR) is 208 cm³/mol. The second-order valence-electron chi connectivity index (χ2n) is 13.5. The van der Waals surface area contributed by atoms with Crippen molar-refractivity contribution in [1.82, 2.24) is 24.9 Å². The van der Waals surface area contributed by atoms with Crippen LogP contribution in [0, 0.1) is 18.3 Å². The highest BCUT2D eigenvalue weighted by Crippen LogP contribution is 2.54. The van der Waals surface area contributed by atoms with E-state index in [0.717, 1.165) is 21.3 Å². The van der Waals surface area contributed by atoms with Crippen LogP contribution in [0.4, 0.5) is 0 Å². The first kappa shape index (κ1) is 41.9. The summed E-state index contributed by atoms with van der Waals surface area (Å²) in [5, 5.41) is 15.9. The number of nitrogens with one attached hydrogen (secondary N) is 3. The summed E-state index contributed by atoms with van der Waals surface area (Å²) in [7, 11) is -2.35. The van der Waals surface area contributed by atoms with Crippen LogP contribution in [0.2, 0.25) is 0 Å². The molecule has 1 amide bonds. The van der Waals surface area contributed by atoms with Crippen LogP contribution in [-0.4, -0.2) is 65.1 Å². The number of aromatic amines is 1. The molecule has 3 aromatic carbocycles. The van der Waals surface area contributed by atoms with E-state index in [0.29, 0.717) is 18.7 Å². The highest BCUT2D eigenvalue weighted by molar-refractivity contribution is 7.51. The predicted octanol–water partition coefficient (Wildman–Crippen LogP) is 5.48. The Hall–Kier alpha value is -4.83. The Morgan fingerprint density at radius 1 is 0.926 bits per heavy atom. The second kappa shape index (κ2) is 19.5. The molecule has 1 heterocycles. The molecule has 0 aliphatic rings. The van der Waals surface area contributed by atoms with E-state index in [9.17, 15) is 18.9 Å². The van der Waals surface area contributed by atoms with Gasteiger partial charge in [-0.05, 0) is 76.4 Å². The van der Waals surface area contributed by atoms with Crippen LogP contribution in [0.25, 0.3) is 0 Å². The molecule has 3 N–H and O–H groups in total. The lowest BCUT2D eigenvalue weighted by molar-refractivity contribution is -0.122. The number of amides is 1. The molecule has 0 saturated heterocycles. The van der Waals surface area contributed by atoms with E-state index in [1.807, 2.05) is 94.4 Å². The summed E-state index contributed by atoms with van der Waals surface area (Å²) >= 11 is 0. The maximum Gasteiger partial charge on any atom is 0.408 e. The largest absolute Gasteiger partial charge is 0.497 e. The maximum absolute atomic E-state index is 14.5. The van der Waals surface area contributed by atoms with Crippen LogP contribution < -0.4 is 26.6 Å². The number of methoxy groups -OCH3 is 1. The number of nitriles is 1. The van der Waals surface area contributed by atoms with Crippen LogP contribution >= 0.6 is 7.75 Å². The molecule has 0 aliphatic heterocycles. The van der Waals surface area contributed by atoms with Gasteiger partial charge in [0.2, 0.25) is 5.91 Å². The zero-order valence-corrected chi connectivity index (χ0v) is 32.7. The Kier molecular flexibility index (Phi) is 15.1. The van der Waals surface area contributed by atoms with Crippen molar-refractivity contribution in [2.75, 3.05) is 26.9 Å². The van der Waals surface area contributed by atoms with Crippen LogP contribution in [0.3, 0.4) is 0 Å². The number of nitrogens with zero attached hydrogens (tertiary/aromatic N) is 3. The summed E-state index contributed by atoms with van der Waals surface area (Å²) in [4.78, 5) is 40.3. The van der Waals surface area contributed by atoms with Gasteiger partial charge >= 0.3 is 13.4 Å². The van der Waals surface area contributed by atoms with E-state index in [4.69, 9.17) is 19.0 Å². The second-order valence-corrected chi connectivity index (χ2v) is 15.4. The van der Waals surface area contributed by atoms with Gasteiger partial charge in [-0.3, -0.25) is 33.5 Å². The van der Waals surface area contributed by atoms with Crippen LogP contribution in [0.15, 0.2) is 101 Å². The molecule has 54 heavy (non-hydrogen) atoms. The molecule has 0 fully saturated rings. The van der Waals surface area contributed by atoms with Crippen LogP contribution in [0.1, 0.15) is 62.8 Å². The number of hydrogen-bond acceptors (Lipinski definition) is 9. The number of rotatable bonds is 20. The average Bonchev–Trinajstić information content (AvgIpc) is 3.15. The molecule has 13 nitrogen and oxygen atoms in total. The molecule has 2 atom stereocenters. The first-order valence-electron chi connectivity index (χ1n) is 18.0. The first-order valence-corrected chi connectivity index (χ1v) is 19.5. The Morgan fingerprint density at radius 2 is 1.50 bits per heavy atom. The lowest BCUT2D eigenvalue weighted by atomic mass is 9.77. The standard InChI is InChI=1S/C40H51N6O7P/c1-29(2)46(30(3)4)54(50,52-25-13-23-41)53-28-35(43-37(47)27-45-26-31(5)38(48)44-39(45)49)22-24-42-40(32-14-9-7-10-15-32,33-16-11-8-12-17-33)34-18-20-36(51-6)21-19-34/h7-12,14-21,26,29-30,35,42H,13,22,24-25,27-28H2,1-6H3,(H,43,47)(H,44,48,49). The fourth-order valence-electron chi connectivity index (χ4n) is 6.54. The zero-order chi connectivity index (χ0) is 39.3. The lowest BCUT2D eigenvalue weighted by Gasteiger charge is -2.38. The Labute approximate surface area is 316 Å². The third-order valence-electron chi connectivity index (χ3n) is 8.94. The summed E-state index contributed by atoms with van der Waals surface area (Å²) in [5.74, 6) is 0.193. The van der Waals surface area contributed by atoms with Crippen molar-refractivity contribution in [3.05, 3.63) is 134 Å². The molecule has 0 radical (unpaired) electrons. The van der Waals surface area contributed by atoms with Gasteiger partial charge in [-0.15, -0.1) is 0 Å². The van der Waals surface area contributed by atoms with E-state index in [1.165, 1.54) is 6.20 Å². The SMILES string of the molecule is COc1ccc(C(NCCC(COP(=O)(OCCC#N)N(C(C)C)C(C)C)NC(=O)Cn2cc(C)c(=O)[nH]c2=O)(c2ccccc2)c2ccccc2)cc1. The van der Waals surface area contributed by atoms with Crippen molar-refractivity contribution in [1.29, 1.82) is 5.26 Å². The van der Waals surface area contributed by atoms with Crippen molar-refractivity contribution < 1.29 is 23.1 Å². The normalized spacial score (nSPS) is 13.4. The molecule has 4 rings (SSSR count). The molecule has 0 spiro atoms. The number of aryl methyl sites for hydroxylation is 1. The highest BCUT2D eigenvalue weighted by atomic mass is 31.2. The third kappa shape index (κ3) is 10.4. The fraction of sp³-hybridized carbons (Fsp3) is 0.400. The van der Waals surface area contributed by atoms with Crippen molar-refractivity contribution in [3.63, 3.8) is 0 Å². The third-order valence-corrected chi connectivity index (χ3v) is 11.4. The summed E-state index contributed by atoms with van der Waals surface area (Å²) in [6.07, 6.45) is 1.64. The molecule has 0 aliphatic carbocycles. The Bertz CT molecular complexity index is 1960. The van der Waals surface area contributed by atoms with E-state index >= 15 is 0 Å². The number of aromatic nitrogens is 2. The van der Waals surface area contributed by atoms with Gasteiger partial charge in [-0.2, -0.15) is 5.26 Å². The fourth-order valence-corrected chi connectivity index (χ4v) is 8.70. The minimum atomic E-state index is -3.97. The number of hydrogen-bond donors (Lipinski definition) is 3. The van der Waals surface area contributed by atoms with E-state index < -0.39 is 36.5 Å². The Morgan fingerprint density at radius 3 is 2.04 bits per heavy atom. The van der Waals surface area contributed by atoms with Gasteiger partial charge in [0.15, 0.2) is 0 Å². The summed E-state index contributed by atoms with van der Waals surface area (Å²) in [6.45, 7) is 8.71. The molecule has 288 valence electrons. The number of carbonyl (C=O) groups excluding carboxylic acids is 1. The molecular weight excluding hydrogens is 707 g/mol. The van der Waals surface area contributed by atoms with Crippen molar-refractivity contribution in [3.8, 4) is 11.8 Å². The minimum absolute atomic E-state index is 0.0151. The number of benzene rings is 3. The van der Waals surface area contributed by atoms with E-state index in [2.05, 4.69) is 39.9 Å². The van der Waals surface area contributed by atoms with Gasteiger partial charge < -0.3 is 10.1 Å². The first-order chi connectivity index (χ1) is 25.8. The van der Waals surface area contributed by atoms with Crippen LogP contribution in [-0.2, 0) is 30.5 Å². The highest BCUT2D eigenvalue weighted by Gasteiger charge is 2.39. The van der Waals surface area contributed by atoms with Crippen molar-refractivity contribution in [2.24, 2.45) is 0 Å². The van der Waals surface area contributed by atoms with Gasteiger partial charge in [-0.25, -0.2) is 14.0 Å². The molecule has 4 aromatic rings. The maximum atomic E-state index is 14.5. The van der Waals surface area contributed by atoms with Gasteiger partial charge in [0.05, 0.1) is 44.4 Å². The van der Waals surface area contributed by atoms with Crippen molar-refractivity contribution >= 4 is 13.7 Å². The number of ether oxygens (including phenoxy) is 1. The molecular formula is C40H51N6O7P. The minimum Gasteiger partial charge on any atom is -0.497 e. The van der Waals surface area contributed by atoms with Crippen molar-refractivity contribution in [2.45, 2.75) is 77.7 Å². The smallest absolute Gasteiger partial charge is 0.408 e. The monoisotopic (exact) mass is 758 g/mol. The Balaban J connectivity index is 1.71.